The Morgan fingerprint density at radius 1 is 1.33 bits per heavy atom. The Morgan fingerprint density at radius 2 is 2.12 bits per heavy atom. The van der Waals surface area contributed by atoms with E-state index in [4.69, 9.17) is 0 Å². The number of hydrogen-bond donors (Lipinski definition) is 3. The lowest BCUT2D eigenvalue weighted by Crippen LogP contribution is -2.35. The number of amides is 2. The first-order valence-corrected chi connectivity index (χ1v) is 7.84. The van der Waals surface area contributed by atoms with Gasteiger partial charge in [0, 0.05) is 18.3 Å². The summed E-state index contributed by atoms with van der Waals surface area (Å²) < 4.78 is 41.0. The monoisotopic (exact) mass is 346 g/mol. The molecule has 24 heavy (non-hydrogen) atoms. The molecule has 0 aliphatic heterocycles. The number of benzene rings is 1. The molecule has 1 aliphatic rings. The molecular formula is C16H21F3N2O3. The molecule has 2 rings (SSSR count). The summed E-state index contributed by atoms with van der Waals surface area (Å²) in [6, 6.07) is 5.33. The minimum atomic E-state index is -4.41. The van der Waals surface area contributed by atoms with E-state index >= 15 is 0 Å². The van der Waals surface area contributed by atoms with Crippen molar-refractivity contribution < 1.29 is 27.8 Å². The summed E-state index contributed by atoms with van der Waals surface area (Å²) in [5, 5.41) is 14.9. The molecule has 3 N–H and O–H groups in total. The van der Waals surface area contributed by atoms with Crippen molar-refractivity contribution in [1.29, 1.82) is 0 Å². The number of rotatable bonds is 5. The number of urea groups is 1. The molecule has 1 aliphatic carbocycles. The Bertz CT molecular complexity index is 552. The number of carbonyl (C=O) groups is 1. The second-order valence-corrected chi connectivity index (χ2v) is 5.95. The van der Waals surface area contributed by atoms with E-state index in [0.29, 0.717) is 18.7 Å². The third kappa shape index (κ3) is 6.66. The molecule has 0 saturated heterocycles. The van der Waals surface area contributed by atoms with Crippen LogP contribution in [-0.4, -0.2) is 36.6 Å². The second-order valence-electron chi connectivity index (χ2n) is 5.95. The molecule has 2 unspecified atom stereocenters. The summed E-state index contributed by atoms with van der Waals surface area (Å²) in [6.45, 7) is -0.931. The van der Waals surface area contributed by atoms with Gasteiger partial charge in [0.05, 0.1) is 6.10 Å². The van der Waals surface area contributed by atoms with Crippen LogP contribution in [0.25, 0.3) is 0 Å². The Hall–Kier alpha value is -1.96. The maximum atomic E-state index is 12.1. The summed E-state index contributed by atoms with van der Waals surface area (Å²) in [5.74, 6) is 0.265. The number of aliphatic hydroxyl groups excluding tert-OH is 1. The van der Waals surface area contributed by atoms with Gasteiger partial charge < -0.3 is 20.5 Å². The lowest BCUT2D eigenvalue weighted by Gasteiger charge is -2.25. The van der Waals surface area contributed by atoms with Crippen LogP contribution in [0.1, 0.15) is 25.7 Å². The smallest absolute Gasteiger partial charge is 0.422 e. The van der Waals surface area contributed by atoms with Crippen molar-refractivity contribution in [2.45, 2.75) is 38.0 Å². The molecule has 0 spiro atoms. The predicted molar refractivity (Wildman–Crippen MR) is 83.0 cm³/mol. The molecule has 5 nitrogen and oxygen atoms in total. The normalized spacial score (nSPS) is 21.2. The van der Waals surface area contributed by atoms with Gasteiger partial charge >= 0.3 is 12.2 Å². The standard InChI is InChI=1S/C16H21F3N2O3/c17-16(18,19)10-24-14-6-2-4-12(8-14)21-15(23)20-9-11-3-1-5-13(22)7-11/h2,4,6,8,11,13,22H,1,3,5,7,9-10H2,(H2,20,21,23). The van der Waals surface area contributed by atoms with Gasteiger partial charge in [0.15, 0.2) is 6.61 Å². The quantitative estimate of drug-likeness (QED) is 0.766. The van der Waals surface area contributed by atoms with E-state index in [2.05, 4.69) is 15.4 Å². The number of alkyl halides is 3. The molecule has 1 aromatic carbocycles. The van der Waals surface area contributed by atoms with Crippen LogP contribution < -0.4 is 15.4 Å². The summed E-state index contributed by atoms with van der Waals surface area (Å²) in [6.07, 6.45) is -1.36. The fourth-order valence-electron chi connectivity index (χ4n) is 2.69. The molecule has 2 atom stereocenters. The lowest BCUT2D eigenvalue weighted by atomic mass is 9.87. The zero-order valence-corrected chi connectivity index (χ0v) is 13.1. The van der Waals surface area contributed by atoms with Gasteiger partial charge in [-0.25, -0.2) is 4.79 Å². The van der Waals surface area contributed by atoms with Crippen molar-refractivity contribution in [3.8, 4) is 5.75 Å². The van der Waals surface area contributed by atoms with Crippen molar-refractivity contribution in [3.63, 3.8) is 0 Å². The first-order valence-electron chi connectivity index (χ1n) is 7.84. The molecule has 0 radical (unpaired) electrons. The van der Waals surface area contributed by atoms with Crippen LogP contribution in [0, 0.1) is 5.92 Å². The van der Waals surface area contributed by atoms with E-state index in [9.17, 15) is 23.1 Å². The highest BCUT2D eigenvalue weighted by Gasteiger charge is 2.28. The van der Waals surface area contributed by atoms with Gasteiger partial charge in [-0.05, 0) is 37.3 Å². The van der Waals surface area contributed by atoms with Gasteiger partial charge in [0.25, 0.3) is 0 Å². The molecule has 0 heterocycles. The molecule has 134 valence electrons. The maximum absolute atomic E-state index is 12.1. The first kappa shape index (κ1) is 18.4. The number of anilines is 1. The fourth-order valence-corrected chi connectivity index (χ4v) is 2.69. The van der Waals surface area contributed by atoms with E-state index in [1.54, 1.807) is 6.07 Å². The number of ether oxygens (including phenoxy) is 1. The lowest BCUT2D eigenvalue weighted by molar-refractivity contribution is -0.153. The Labute approximate surface area is 138 Å². The van der Waals surface area contributed by atoms with E-state index in [0.717, 1.165) is 19.3 Å². The number of carbonyl (C=O) groups excluding carboxylic acids is 1. The van der Waals surface area contributed by atoms with Crippen LogP contribution in [0.3, 0.4) is 0 Å². The van der Waals surface area contributed by atoms with Gasteiger partial charge in [-0.15, -0.1) is 0 Å². The molecular weight excluding hydrogens is 325 g/mol. The van der Waals surface area contributed by atoms with Crippen LogP contribution in [0.2, 0.25) is 0 Å². The third-order valence-corrected chi connectivity index (χ3v) is 3.80. The minimum Gasteiger partial charge on any atom is -0.484 e. The van der Waals surface area contributed by atoms with Crippen LogP contribution in [-0.2, 0) is 0 Å². The highest BCUT2D eigenvalue weighted by molar-refractivity contribution is 5.89. The third-order valence-electron chi connectivity index (χ3n) is 3.80. The summed E-state index contributed by atoms with van der Waals surface area (Å²) in [5.41, 5.74) is 0.343. The average Bonchev–Trinajstić information content (AvgIpc) is 2.51. The molecule has 2 amide bonds. The maximum Gasteiger partial charge on any atom is 0.422 e. The van der Waals surface area contributed by atoms with Crippen LogP contribution >= 0.6 is 0 Å². The molecule has 1 aromatic rings. The first-order chi connectivity index (χ1) is 11.3. The molecule has 1 saturated carbocycles. The number of nitrogens with one attached hydrogen (secondary N) is 2. The van der Waals surface area contributed by atoms with E-state index in [1.165, 1.54) is 18.2 Å². The van der Waals surface area contributed by atoms with Crippen LogP contribution in [0.4, 0.5) is 23.7 Å². The summed E-state index contributed by atoms with van der Waals surface area (Å²) in [4.78, 5) is 11.9. The number of hydrogen-bond acceptors (Lipinski definition) is 3. The summed E-state index contributed by atoms with van der Waals surface area (Å²) >= 11 is 0. The fraction of sp³-hybridized carbons (Fsp3) is 0.562. The van der Waals surface area contributed by atoms with E-state index in [-0.39, 0.29) is 17.8 Å². The highest BCUT2D eigenvalue weighted by Crippen LogP contribution is 2.24. The molecule has 0 bridgehead atoms. The predicted octanol–water partition coefficient (Wildman–Crippen LogP) is 3.30. The second kappa shape index (κ2) is 8.23. The average molecular weight is 346 g/mol. The van der Waals surface area contributed by atoms with Gasteiger partial charge in [-0.2, -0.15) is 13.2 Å². The zero-order valence-electron chi connectivity index (χ0n) is 13.1. The topological polar surface area (TPSA) is 70.6 Å². The van der Waals surface area contributed by atoms with Crippen molar-refractivity contribution in [3.05, 3.63) is 24.3 Å². The molecule has 1 fully saturated rings. The van der Waals surface area contributed by atoms with E-state index < -0.39 is 18.8 Å². The highest BCUT2D eigenvalue weighted by atomic mass is 19.4. The van der Waals surface area contributed by atoms with Gasteiger partial charge in [-0.3, -0.25) is 0 Å². The van der Waals surface area contributed by atoms with Gasteiger partial charge in [0.2, 0.25) is 0 Å². The van der Waals surface area contributed by atoms with Crippen LogP contribution in [0.5, 0.6) is 5.75 Å². The van der Waals surface area contributed by atoms with Crippen molar-refractivity contribution in [2.75, 3.05) is 18.5 Å². The van der Waals surface area contributed by atoms with Crippen molar-refractivity contribution >= 4 is 11.7 Å². The largest absolute Gasteiger partial charge is 0.484 e. The summed E-state index contributed by atoms with van der Waals surface area (Å²) in [7, 11) is 0. The van der Waals surface area contributed by atoms with Crippen molar-refractivity contribution in [2.24, 2.45) is 5.92 Å². The van der Waals surface area contributed by atoms with Gasteiger partial charge in [-0.1, -0.05) is 12.5 Å². The Morgan fingerprint density at radius 3 is 2.83 bits per heavy atom. The van der Waals surface area contributed by atoms with Gasteiger partial charge in [0.1, 0.15) is 5.75 Å². The van der Waals surface area contributed by atoms with Crippen LogP contribution in [0.15, 0.2) is 24.3 Å². The zero-order chi connectivity index (χ0) is 17.6. The minimum absolute atomic E-state index is 0.0283. The SMILES string of the molecule is O=C(NCC1CCCC(O)C1)Nc1cccc(OCC(F)(F)F)c1. The Kier molecular flexibility index (Phi) is 6.30. The molecule has 8 heteroatoms. The van der Waals surface area contributed by atoms with Crippen molar-refractivity contribution in [1.82, 2.24) is 5.32 Å². The van der Waals surface area contributed by atoms with E-state index in [1.807, 2.05) is 0 Å². The number of aliphatic hydroxyl groups is 1. The molecule has 0 aromatic heterocycles. The Balaban J connectivity index is 1.78. The number of halogens is 3.